The number of benzene rings is 2. The van der Waals surface area contributed by atoms with Crippen LogP contribution >= 0.6 is 11.3 Å². The van der Waals surface area contributed by atoms with Crippen LogP contribution in [0.5, 0.6) is 5.75 Å². The van der Waals surface area contributed by atoms with Gasteiger partial charge in [-0.2, -0.15) is 0 Å². The Labute approximate surface area is 149 Å². The van der Waals surface area contributed by atoms with Crippen LogP contribution in [0.2, 0.25) is 0 Å². The lowest BCUT2D eigenvalue weighted by Gasteiger charge is -2.09. The van der Waals surface area contributed by atoms with Gasteiger partial charge in [0.2, 0.25) is 0 Å². The second-order valence-electron chi connectivity index (χ2n) is 5.79. The van der Waals surface area contributed by atoms with Crippen LogP contribution in [0.3, 0.4) is 0 Å². The van der Waals surface area contributed by atoms with Gasteiger partial charge in [-0.05, 0) is 25.0 Å². The second kappa shape index (κ2) is 7.53. The van der Waals surface area contributed by atoms with Crippen molar-refractivity contribution in [2.24, 2.45) is 0 Å². The van der Waals surface area contributed by atoms with Crippen molar-refractivity contribution in [3.8, 4) is 16.9 Å². The maximum Gasteiger partial charge on any atom is 0.412 e. The molecule has 1 N–H and O–H groups in total. The quantitative estimate of drug-likeness (QED) is 0.671. The molecule has 0 aliphatic carbocycles. The van der Waals surface area contributed by atoms with Crippen LogP contribution in [0.15, 0.2) is 45.6 Å². The van der Waals surface area contributed by atoms with Gasteiger partial charge in [0, 0.05) is 18.2 Å². The van der Waals surface area contributed by atoms with E-state index in [2.05, 4.69) is 12.2 Å². The average molecular weight is 357 g/mol. The SMILES string of the molecule is CCCCNC(=O)Oc1cc(-c2ccc(C)cc2)c2oc(=O)sc2c1. The molecule has 130 valence electrons. The highest BCUT2D eigenvalue weighted by Crippen LogP contribution is 2.34. The number of amides is 1. The molecule has 3 aromatic rings. The minimum Gasteiger partial charge on any atom is -0.413 e. The molecule has 0 fully saturated rings. The fourth-order valence-electron chi connectivity index (χ4n) is 2.47. The molecule has 0 unspecified atom stereocenters. The van der Waals surface area contributed by atoms with E-state index in [1.165, 1.54) is 0 Å². The standard InChI is InChI=1S/C19H19NO4S/c1-3-4-9-20-18(21)23-14-10-15(13-7-5-12(2)6-8-13)17-16(11-14)25-19(22)24-17/h5-8,10-11H,3-4,9H2,1-2H3,(H,20,21). The van der Waals surface area contributed by atoms with E-state index in [1.54, 1.807) is 12.1 Å². The first kappa shape index (κ1) is 17.2. The highest BCUT2D eigenvalue weighted by molar-refractivity contribution is 7.16. The third kappa shape index (κ3) is 4.09. The third-order valence-corrected chi connectivity index (χ3v) is 4.55. The molecule has 0 aliphatic heterocycles. The summed E-state index contributed by atoms with van der Waals surface area (Å²) < 4.78 is 11.4. The number of hydrogen-bond acceptors (Lipinski definition) is 5. The Balaban J connectivity index is 1.96. The zero-order chi connectivity index (χ0) is 17.8. The van der Waals surface area contributed by atoms with Crippen molar-refractivity contribution in [2.75, 3.05) is 6.54 Å². The fourth-order valence-corrected chi connectivity index (χ4v) is 3.19. The first-order chi connectivity index (χ1) is 12.1. The molecule has 2 aromatic carbocycles. The molecular formula is C19H19NO4S. The van der Waals surface area contributed by atoms with Gasteiger partial charge in [0.25, 0.3) is 0 Å². The number of ether oxygens (including phenoxy) is 1. The monoisotopic (exact) mass is 357 g/mol. The zero-order valence-electron chi connectivity index (χ0n) is 14.1. The van der Waals surface area contributed by atoms with Crippen LogP contribution in [0.1, 0.15) is 25.3 Å². The molecular weight excluding hydrogens is 338 g/mol. The molecule has 0 aliphatic rings. The highest BCUT2D eigenvalue weighted by Gasteiger charge is 2.14. The molecule has 1 heterocycles. The predicted molar refractivity (Wildman–Crippen MR) is 99.5 cm³/mol. The summed E-state index contributed by atoms with van der Waals surface area (Å²) in [5.41, 5.74) is 3.27. The van der Waals surface area contributed by atoms with Gasteiger partial charge in [-0.1, -0.05) is 54.5 Å². The molecule has 0 saturated heterocycles. The van der Waals surface area contributed by atoms with Crippen molar-refractivity contribution in [1.82, 2.24) is 5.32 Å². The van der Waals surface area contributed by atoms with E-state index >= 15 is 0 Å². The number of fused-ring (bicyclic) bond motifs is 1. The third-order valence-electron chi connectivity index (χ3n) is 3.78. The summed E-state index contributed by atoms with van der Waals surface area (Å²) in [6, 6.07) is 11.2. The summed E-state index contributed by atoms with van der Waals surface area (Å²) in [6.07, 6.45) is 1.39. The van der Waals surface area contributed by atoms with E-state index in [-0.39, 0.29) is 4.94 Å². The summed E-state index contributed by atoms with van der Waals surface area (Å²) in [5.74, 6) is 0.383. The summed E-state index contributed by atoms with van der Waals surface area (Å²) in [4.78, 5) is 23.2. The lowest BCUT2D eigenvalue weighted by molar-refractivity contribution is 0.200. The molecule has 0 radical (unpaired) electrons. The molecule has 1 aromatic heterocycles. The fraction of sp³-hybridized carbons (Fsp3) is 0.263. The maximum absolute atomic E-state index is 11.9. The van der Waals surface area contributed by atoms with Crippen molar-refractivity contribution >= 4 is 27.7 Å². The van der Waals surface area contributed by atoms with E-state index in [9.17, 15) is 9.59 Å². The average Bonchev–Trinajstić information content (AvgIpc) is 2.95. The summed E-state index contributed by atoms with van der Waals surface area (Å²) in [5, 5.41) is 2.71. The largest absolute Gasteiger partial charge is 0.413 e. The molecule has 6 heteroatoms. The number of aryl methyl sites for hydroxylation is 1. The van der Waals surface area contributed by atoms with Gasteiger partial charge >= 0.3 is 11.0 Å². The van der Waals surface area contributed by atoms with Gasteiger partial charge < -0.3 is 14.5 Å². The van der Waals surface area contributed by atoms with Gasteiger partial charge in [-0.15, -0.1) is 0 Å². The number of rotatable bonds is 5. The molecule has 5 nitrogen and oxygen atoms in total. The van der Waals surface area contributed by atoms with E-state index in [4.69, 9.17) is 9.15 Å². The van der Waals surface area contributed by atoms with E-state index in [0.717, 1.165) is 40.9 Å². The topological polar surface area (TPSA) is 68.5 Å². The van der Waals surface area contributed by atoms with Gasteiger partial charge in [0.05, 0.1) is 4.70 Å². The minimum absolute atomic E-state index is 0.382. The smallest absolute Gasteiger partial charge is 0.412 e. The Kier molecular flexibility index (Phi) is 5.19. The van der Waals surface area contributed by atoms with Crippen molar-refractivity contribution in [3.05, 3.63) is 51.7 Å². The van der Waals surface area contributed by atoms with Crippen LogP contribution < -0.4 is 15.0 Å². The number of unbranched alkanes of at least 4 members (excludes halogenated alkanes) is 1. The Morgan fingerprint density at radius 3 is 2.72 bits per heavy atom. The van der Waals surface area contributed by atoms with Crippen molar-refractivity contribution in [3.63, 3.8) is 0 Å². The second-order valence-corrected chi connectivity index (χ2v) is 6.77. The first-order valence-corrected chi connectivity index (χ1v) is 8.99. The molecule has 3 rings (SSSR count). The van der Waals surface area contributed by atoms with Crippen molar-refractivity contribution in [1.29, 1.82) is 0 Å². The molecule has 25 heavy (non-hydrogen) atoms. The first-order valence-electron chi connectivity index (χ1n) is 8.17. The number of carbonyl (C=O) groups is 1. The normalized spacial score (nSPS) is 10.8. The molecule has 0 bridgehead atoms. The lowest BCUT2D eigenvalue weighted by Crippen LogP contribution is -2.27. The molecule has 0 spiro atoms. The van der Waals surface area contributed by atoms with Crippen molar-refractivity contribution in [2.45, 2.75) is 26.7 Å². The summed E-state index contributed by atoms with van der Waals surface area (Å²) in [6.45, 7) is 4.63. The van der Waals surface area contributed by atoms with Crippen LogP contribution in [0.4, 0.5) is 4.79 Å². The Hall–Kier alpha value is -2.60. The van der Waals surface area contributed by atoms with E-state index in [1.807, 2.05) is 31.2 Å². The van der Waals surface area contributed by atoms with Crippen molar-refractivity contribution < 1.29 is 13.9 Å². The van der Waals surface area contributed by atoms with E-state index in [0.29, 0.717) is 22.6 Å². The van der Waals surface area contributed by atoms with Crippen LogP contribution in [-0.2, 0) is 0 Å². The Morgan fingerprint density at radius 2 is 2.00 bits per heavy atom. The Bertz CT molecular complexity index is 940. The van der Waals surface area contributed by atoms with Gasteiger partial charge in [0.15, 0.2) is 5.58 Å². The minimum atomic E-state index is -0.501. The Morgan fingerprint density at radius 1 is 1.24 bits per heavy atom. The predicted octanol–water partition coefficient (Wildman–Crippen LogP) is 4.72. The lowest BCUT2D eigenvalue weighted by atomic mass is 10.0. The molecule has 0 saturated carbocycles. The van der Waals surface area contributed by atoms with Crippen LogP contribution in [0, 0.1) is 6.92 Å². The van der Waals surface area contributed by atoms with Gasteiger partial charge in [-0.25, -0.2) is 9.59 Å². The summed E-state index contributed by atoms with van der Waals surface area (Å²) >= 11 is 0.993. The number of carbonyl (C=O) groups excluding carboxylic acids is 1. The highest BCUT2D eigenvalue weighted by atomic mass is 32.1. The zero-order valence-corrected chi connectivity index (χ0v) is 14.9. The maximum atomic E-state index is 11.9. The van der Waals surface area contributed by atoms with E-state index < -0.39 is 6.09 Å². The van der Waals surface area contributed by atoms with Crippen LogP contribution in [-0.4, -0.2) is 12.6 Å². The number of nitrogens with one attached hydrogen (secondary N) is 1. The molecule has 1 amide bonds. The molecule has 0 atom stereocenters. The number of hydrogen-bond donors (Lipinski definition) is 1. The van der Waals surface area contributed by atoms with Gasteiger partial charge in [0.1, 0.15) is 5.75 Å². The van der Waals surface area contributed by atoms with Crippen LogP contribution in [0.25, 0.3) is 21.4 Å². The van der Waals surface area contributed by atoms with Gasteiger partial charge in [-0.3, -0.25) is 0 Å². The summed E-state index contributed by atoms with van der Waals surface area (Å²) in [7, 11) is 0.